The number of ether oxygens (including phenoxy) is 1. The van der Waals surface area contributed by atoms with Crippen LogP contribution < -0.4 is 15.4 Å². The third-order valence-electron chi connectivity index (χ3n) is 2.68. The van der Waals surface area contributed by atoms with Crippen LogP contribution in [-0.4, -0.2) is 30.1 Å². The monoisotopic (exact) mass is 279 g/mol. The number of carbonyl (C=O) groups excluding carboxylic acids is 1. The predicted molar refractivity (Wildman–Crippen MR) is 79.7 cm³/mol. The molecule has 1 aromatic heterocycles. The lowest BCUT2D eigenvalue weighted by Gasteiger charge is -2.13. The van der Waals surface area contributed by atoms with E-state index in [0.717, 1.165) is 17.8 Å². The molecule has 0 saturated carbocycles. The average molecular weight is 279 g/mol. The van der Waals surface area contributed by atoms with Crippen molar-refractivity contribution in [3.05, 3.63) is 23.5 Å². The number of amides is 1. The molecule has 0 atom stereocenters. The minimum Gasteiger partial charge on any atom is -0.482 e. The third kappa shape index (κ3) is 6.02. The Morgan fingerprint density at radius 1 is 1.40 bits per heavy atom. The van der Waals surface area contributed by atoms with Crippen LogP contribution in [0, 0.1) is 6.92 Å². The van der Waals surface area contributed by atoms with Gasteiger partial charge >= 0.3 is 0 Å². The van der Waals surface area contributed by atoms with E-state index in [-0.39, 0.29) is 12.5 Å². The van der Waals surface area contributed by atoms with Crippen molar-refractivity contribution >= 4 is 5.91 Å². The molecule has 0 bridgehead atoms. The van der Waals surface area contributed by atoms with Gasteiger partial charge in [0.25, 0.3) is 5.91 Å². The van der Waals surface area contributed by atoms with Gasteiger partial charge in [0, 0.05) is 24.8 Å². The number of hydrogen-bond acceptors (Lipinski definition) is 4. The topological polar surface area (TPSA) is 63.2 Å². The van der Waals surface area contributed by atoms with Crippen LogP contribution in [0.1, 0.15) is 38.6 Å². The fourth-order valence-corrected chi connectivity index (χ4v) is 1.62. The first-order valence-corrected chi connectivity index (χ1v) is 7.12. The van der Waals surface area contributed by atoms with Crippen molar-refractivity contribution in [3.8, 4) is 5.75 Å². The van der Waals surface area contributed by atoms with Gasteiger partial charge in [0.05, 0.1) is 5.69 Å². The first-order valence-electron chi connectivity index (χ1n) is 7.12. The number of pyridine rings is 1. The summed E-state index contributed by atoms with van der Waals surface area (Å²) in [4.78, 5) is 16.0. The van der Waals surface area contributed by atoms with Crippen LogP contribution in [-0.2, 0) is 11.3 Å². The standard InChI is InChI=1S/C15H25N3O2/c1-5-8-16-15(19)10-20-14-7-6-12(4)18-13(14)9-17-11(2)3/h6-7,11,17H,5,8-10H2,1-4H3,(H,16,19). The Morgan fingerprint density at radius 3 is 2.80 bits per heavy atom. The number of aryl methyl sites for hydroxylation is 1. The Hall–Kier alpha value is -1.62. The lowest BCUT2D eigenvalue weighted by molar-refractivity contribution is -0.123. The zero-order valence-corrected chi connectivity index (χ0v) is 12.8. The molecule has 0 saturated heterocycles. The number of rotatable bonds is 8. The van der Waals surface area contributed by atoms with Gasteiger partial charge in [-0.1, -0.05) is 20.8 Å². The predicted octanol–water partition coefficient (Wildman–Crippen LogP) is 1.79. The van der Waals surface area contributed by atoms with E-state index in [0.29, 0.717) is 24.9 Å². The van der Waals surface area contributed by atoms with Gasteiger partial charge in [0.2, 0.25) is 0 Å². The highest BCUT2D eigenvalue weighted by atomic mass is 16.5. The Morgan fingerprint density at radius 2 is 2.15 bits per heavy atom. The smallest absolute Gasteiger partial charge is 0.257 e. The van der Waals surface area contributed by atoms with Gasteiger partial charge in [-0.15, -0.1) is 0 Å². The normalized spacial score (nSPS) is 10.7. The Bertz CT molecular complexity index is 433. The maximum absolute atomic E-state index is 11.5. The molecule has 5 nitrogen and oxygen atoms in total. The molecule has 5 heteroatoms. The van der Waals surface area contributed by atoms with Crippen molar-refractivity contribution in [3.63, 3.8) is 0 Å². The van der Waals surface area contributed by atoms with E-state index in [9.17, 15) is 4.79 Å². The zero-order chi connectivity index (χ0) is 15.0. The van der Waals surface area contributed by atoms with Gasteiger partial charge in [-0.2, -0.15) is 0 Å². The van der Waals surface area contributed by atoms with Crippen molar-refractivity contribution in [2.45, 2.75) is 46.7 Å². The summed E-state index contributed by atoms with van der Waals surface area (Å²) < 4.78 is 5.57. The van der Waals surface area contributed by atoms with E-state index in [1.807, 2.05) is 26.0 Å². The lowest BCUT2D eigenvalue weighted by atomic mass is 10.2. The number of hydrogen-bond donors (Lipinski definition) is 2. The summed E-state index contributed by atoms with van der Waals surface area (Å²) in [6.45, 7) is 9.45. The highest BCUT2D eigenvalue weighted by Gasteiger charge is 2.09. The van der Waals surface area contributed by atoms with Crippen molar-refractivity contribution in [2.24, 2.45) is 0 Å². The molecule has 1 amide bonds. The molecular weight excluding hydrogens is 254 g/mol. The molecule has 0 aromatic carbocycles. The zero-order valence-electron chi connectivity index (χ0n) is 12.8. The molecule has 1 rings (SSSR count). The number of aromatic nitrogens is 1. The van der Waals surface area contributed by atoms with Crippen LogP contribution in [0.4, 0.5) is 0 Å². The van der Waals surface area contributed by atoms with Crippen LogP contribution in [0.15, 0.2) is 12.1 Å². The Labute approximate surface area is 121 Å². The fourth-order valence-electron chi connectivity index (χ4n) is 1.62. The van der Waals surface area contributed by atoms with E-state index in [2.05, 4.69) is 29.5 Å². The van der Waals surface area contributed by atoms with Gasteiger partial charge in [0.15, 0.2) is 6.61 Å². The van der Waals surface area contributed by atoms with Gasteiger partial charge in [-0.25, -0.2) is 0 Å². The van der Waals surface area contributed by atoms with Crippen LogP contribution in [0.2, 0.25) is 0 Å². The molecule has 2 N–H and O–H groups in total. The summed E-state index contributed by atoms with van der Waals surface area (Å²) in [6, 6.07) is 4.13. The molecule has 0 radical (unpaired) electrons. The number of nitrogens with zero attached hydrogens (tertiary/aromatic N) is 1. The average Bonchev–Trinajstić information content (AvgIpc) is 2.41. The summed E-state index contributed by atoms with van der Waals surface area (Å²) in [7, 11) is 0. The molecule has 0 aliphatic heterocycles. The molecule has 0 fully saturated rings. The van der Waals surface area contributed by atoms with Crippen molar-refractivity contribution in [2.75, 3.05) is 13.2 Å². The highest BCUT2D eigenvalue weighted by molar-refractivity contribution is 5.77. The maximum Gasteiger partial charge on any atom is 0.257 e. The maximum atomic E-state index is 11.5. The first-order chi connectivity index (χ1) is 9.52. The molecule has 0 unspecified atom stereocenters. The van der Waals surface area contributed by atoms with Crippen LogP contribution in [0.3, 0.4) is 0 Å². The number of carbonyl (C=O) groups is 1. The van der Waals surface area contributed by atoms with Crippen molar-refractivity contribution in [1.82, 2.24) is 15.6 Å². The van der Waals surface area contributed by atoms with Gasteiger partial charge in [-0.05, 0) is 25.5 Å². The molecule has 1 aromatic rings. The Kier molecular flexibility index (Phi) is 7.01. The lowest BCUT2D eigenvalue weighted by Crippen LogP contribution is -2.30. The molecule has 0 aliphatic rings. The summed E-state index contributed by atoms with van der Waals surface area (Å²) >= 11 is 0. The van der Waals surface area contributed by atoms with Crippen LogP contribution >= 0.6 is 0 Å². The molecule has 0 spiro atoms. The number of nitrogens with one attached hydrogen (secondary N) is 2. The van der Waals surface area contributed by atoms with Crippen LogP contribution in [0.5, 0.6) is 5.75 Å². The quantitative estimate of drug-likeness (QED) is 0.761. The van der Waals surface area contributed by atoms with E-state index >= 15 is 0 Å². The van der Waals surface area contributed by atoms with E-state index in [1.54, 1.807) is 0 Å². The van der Waals surface area contributed by atoms with Gasteiger partial charge in [0.1, 0.15) is 5.75 Å². The molecular formula is C15H25N3O2. The van der Waals surface area contributed by atoms with Crippen LogP contribution in [0.25, 0.3) is 0 Å². The van der Waals surface area contributed by atoms with Crippen molar-refractivity contribution < 1.29 is 9.53 Å². The van der Waals surface area contributed by atoms with Gasteiger partial charge in [-0.3, -0.25) is 9.78 Å². The molecule has 0 aliphatic carbocycles. The van der Waals surface area contributed by atoms with E-state index in [1.165, 1.54) is 0 Å². The third-order valence-corrected chi connectivity index (χ3v) is 2.68. The van der Waals surface area contributed by atoms with E-state index < -0.39 is 0 Å². The summed E-state index contributed by atoms with van der Waals surface area (Å²) in [5, 5.41) is 6.09. The SMILES string of the molecule is CCCNC(=O)COc1ccc(C)nc1CNC(C)C. The molecule has 20 heavy (non-hydrogen) atoms. The molecule has 1 heterocycles. The summed E-state index contributed by atoms with van der Waals surface area (Å²) in [6.07, 6.45) is 0.918. The second kappa shape index (κ2) is 8.53. The summed E-state index contributed by atoms with van der Waals surface area (Å²) in [5.74, 6) is 0.561. The van der Waals surface area contributed by atoms with E-state index in [4.69, 9.17) is 4.74 Å². The molecule has 112 valence electrons. The second-order valence-electron chi connectivity index (χ2n) is 5.07. The highest BCUT2D eigenvalue weighted by Crippen LogP contribution is 2.16. The first kappa shape index (κ1) is 16.4. The van der Waals surface area contributed by atoms with Crippen molar-refractivity contribution in [1.29, 1.82) is 0 Å². The fraction of sp³-hybridized carbons (Fsp3) is 0.600. The summed E-state index contributed by atoms with van der Waals surface area (Å²) in [5.41, 5.74) is 1.77. The minimum atomic E-state index is -0.102. The largest absolute Gasteiger partial charge is 0.482 e. The van der Waals surface area contributed by atoms with Gasteiger partial charge < -0.3 is 15.4 Å². The second-order valence-corrected chi connectivity index (χ2v) is 5.07. The minimum absolute atomic E-state index is 0.0272. The Balaban J connectivity index is 2.61.